The van der Waals surface area contributed by atoms with Gasteiger partial charge in [-0.2, -0.15) is 0 Å². The zero-order valence-electron chi connectivity index (χ0n) is 7.44. The molecule has 0 atom stereocenters. The summed E-state index contributed by atoms with van der Waals surface area (Å²) in [5.74, 6) is -1.06. The van der Waals surface area contributed by atoms with Gasteiger partial charge in [-0.05, 0) is 13.8 Å². The molecule has 0 unspecified atom stereocenters. The largest absolute Gasteiger partial charge is 0.478 e. The molecule has 5 heteroatoms. The summed E-state index contributed by atoms with van der Waals surface area (Å²) < 4.78 is 1.32. The molecule has 1 N–H and O–H groups in total. The van der Waals surface area contributed by atoms with Crippen LogP contribution in [-0.4, -0.2) is 20.6 Å². The normalized spacial score (nSPS) is 10.0. The van der Waals surface area contributed by atoms with Gasteiger partial charge in [-0.15, -0.1) is 0 Å². The van der Waals surface area contributed by atoms with E-state index in [0.717, 1.165) is 6.20 Å². The molecule has 0 aliphatic rings. The number of carboxylic acid groups (broad SMARTS) is 1. The van der Waals surface area contributed by atoms with E-state index in [2.05, 4.69) is 4.98 Å². The molecule has 0 aliphatic heterocycles. The number of carboxylic acids is 1. The van der Waals surface area contributed by atoms with Crippen LogP contribution in [0.2, 0.25) is 0 Å². The third-order valence-corrected chi connectivity index (χ3v) is 1.88. The highest BCUT2D eigenvalue weighted by Gasteiger charge is 2.11. The van der Waals surface area contributed by atoms with Crippen LogP contribution in [0.4, 0.5) is 0 Å². The molecular weight excluding hydrogens is 172 g/mol. The molecule has 0 spiro atoms. The Labute approximate surface area is 74.7 Å². The SMILES string of the molecule is CCn1c(C)c(C(=O)O)cnc1=O. The standard InChI is InChI=1S/C8H10N2O3/c1-3-10-5(2)6(7(11)12)4-9-8(10)13/h4H,3H2,1-2H3,(H,11,12). The van der Waals surface area contributed by atoms with E-state index in [0.29, 0.717) is 12.2 Å². The minimum Gasteiger partial charge on any atom is -0.478 e. The summed E-state index contributed by atoms with van der Waals surface area (Å²) in [6.45, 7) is 3.79. The number of aromatic carboxylic acids is 1. The van der Waals surface area contributed by atoms with Crippen LogP contribution in [-0.2, 0) is 6.54 Å². The molecule has 0 saturated heterocycles. The molecule has 0 saturated carbocycles. The van der Waals surface area contributed by atoms with E-state index >= 15 is 0 Å². The molecule has 0 radical (unpaired) electrons. The van der Waals surface area contributed by atoms with Crippen molar-refractivity contribution >= 4 is 5.97 Å². The van der Waals surface area contributed by atoms with Crippen LogP contribution in [0.3, 0.4) is 0 Å². The summed E-state index contributed by atoms with van der Waals surface area (Å²) in [5.41, 5.74) is 0.0986. The van der Waals surface area contributed by atoms with Gasteiger partial charge in [0.25, 0.3) is 0 Å². The zero-order chi connectivity index (χ0) is 10.0. The van der Waals surface area contributed by atoms with Gasteiger partial charge >= 0.3 is 11.7 Å². The molecule has 1 heterocycles. The van der Waals surface area contributed by atoms with Crippen molar-refractivity contribution in [2.45, 2.75) is 20.4 Å². The summed E-state index contributed by atoms with van der Waals surface area (Å²) in [6, 6.07) is 0. The molecule has 1 rings (SSSR count). The Morgan fingerprint density at radius 1 is 1.69 bits per heavy atom. The molecule has 0 aromatic carbocycles. The van der Waals surface area contributed by atoms with E-state index in [1.54, 1.807) is 13.8 Å². The first-order valence-corrected chi connectivity index (χ1v) is 3.87. The van der Waals surface area contributed by atoms with E-state index in [1.807, 2.05) is 0 Å². The van der Waals surface area contributed by atoms with Gasteiger partial charge in [0.2, 0.25) is 0 Å². The summed E-state index contributed by atoms with van der Waals surface area (Å²) in [6.07, 6.45) is 1.09. The van der Waals surface area contributed by atoms with Crippen LogP contribution in [0.1, 0.15) is 23.0 Å². The first-order valence-electron chi connectivity index (χ1n) is 3.87. The van der Waals surface area contributed by atoms with Crippen molar-refractivity contribution in [3.8, 4) is 0 Å². The van der Waals surface area contributed by atoms with Crippen molar-refractivity contribution < 1.29 is 9.90 Å². The molecule has 0 fully saturated rings. The number of rotatable bonds is 2. The Hall–Kier alpha value is -1.65. The molecule has 1 aromatic rings. The fraction of sp³-hybridized carbons (Fsp3) is 0.375. The predicted molar refractivity (Wildman–Crippen MR) is 45.9 cm³/mol. The van der Waals surface area contributed by atoms with E-state index in [-0.39, 0.29) is 5.56 Å². The predicted octanol–water partition coefficient (Wildman–Crippen LogP) is 0.270. The van der Waals surface area contributed by atoms with Crippen molar-refractivity contribution in [3.05, 3.63) is 27.9 Å². The van der Waals surface area contributed by atoms with E-state index in [4.69, 9.17) is 5.11 Å². The average Bonchev–Trinajstić information content (AvgIpc) is 2.04. The quantitative estimate of drug-likeness (QED) is 0.712. The smallest absolute Gasteiger partial charge is 0.347 e. The summed E-state index contributed by atoms with van der Waals surface area (Å²) in [7, 11) is 0. The highest BCUT2D eigenvalue weighted by atomic mass is 16.4. The number of nitrogens with zero attached hydrogens (tertiary/aromatic N) is 2. The Morgan fingerprint density at radius 3 is 2.77 bits per heavy atom. The molecule has 0 aliphatic carbocycles. The molecule has 1 aromatic heterocycles. The van der Waals surface area contributed by atoms with Gasteiger partial charge < -0.3 is 5.11 Å². The monoisotopic (exact) mass is 182 g/mol. The number of aromatic nitrogens is 2. The van der Waals surface area contributed by atoms with Gasteiger partial charge in [-0.25, -0.2) is 14.6 Å². The van der Waals surface area contributed by atoms with Gasteiger partial charge in [0.05, 0.1) is 5.56 Å². The minimum atomic E-state index is -1.06. The third-order valence-electron chi connectivity index (χ3n) is 1.88. The highest BCUT2D eigenvalue weighted by Crippen LogP contribution is 2.02. The maximum atomic E-state index is 11.1. The Bertz CT molecular complexity index is 395. The molecule has 0 bridgehead atoms. The molecule has 70 valence electrons. The fourth-order valence-corrected chi connectivity index (χ4v) is 1.15. The van der Waals surface area contributed by atoms with Gasteiger partial charge in [-0.3, -0.25) is 4.57 Å². The Morgan fingerprint density at radius 2 is 2.31 bits per heavy atom. The molecule has 0 amide bonds. The van der Waals surface area contributed by atoms with E-state index in [1.165, 1.54) is 4.57 Å². The highest BCUT2D eigenvalue weighted by molar-refractivity contribution is 5.88. The van der Waals surface area contributed by atoms with Crippen LogP contribution in [0, 0.1) is 6.92 Å². The number of hydrogen-bond donors (Lipinski definition) is 1. The topological polar surface area (TPSA) is 72.2 Å². The maximum absolute atomic E-state index is 11.1. The van der Waals surface area contributed by atoms with Crippen LogP contribution in [0.25, 0.3) is 0 Å². The third kappa shape index (κ3) is 1.58. The minimum absolute atomic E-state index is 0.0708. The average molecular weight is 182 g/mol. The van der Waals surface area contributed by atoms with Crippen molar-refractivity contribution in [1.29, 1.82) is 0 Å². The lowest BCUT2D eigenvalue weighted by atomic mass is 10.2. The van der Waals surface area contributed by atoms with Crippen molar-refractivity contribution in [3.63, 3.8) is 0 Å². The number of carbonyl (C=O) groups is 1. The fourth-order valence-electron chi connectivity index (χ4n) is 1.15. The maximum Gasteiger partial charge on any atom is 0.347 e. The molecule has 13 heavy (non-hydrogen) atoms. The zero-order valence-corrected chi connectivity index (χ0v) is 7.44. The van der Waals surface area contributed by atoms with Crippen molar-refractivity contribution in [2.75, 3.05) is 0 Å². The van der Waals surface area contributed by atoms with Gasteiger partial charge in [0.15, 0.2) is 0 Å². The van der Waals surface area contributed by atoms with Gasteiger partial charge in [0.1, 0.15) is 0 Å². The summed E-state index contributed by atoms with van der Waals surface area (Å²) >= 11 is 0. The first kappa shape index (κ1) is 9.44. The second-order valence-electron chi connectivity index (χ2n) is 2.59. The van der Waals surface area contributed by atoms with Gasteiger partial charge in [-0.1, -0.05) is 0 Å². The molecule has 5 nitrogen and oxygen atoms in total. The van der Waals surface area contributed by atoms with Gasteiger partial charge in [0, 0.05) is 18.4 Å². The van der Waals surface area contributed by atoms with Crippen LogP contribution in [0.5, 0.6) is 0 Å². The van der Waals surface area contributed by atoms with E-state index in [9.17, 15) is 9.59 Å². The lowest BCUT2D eigenvalue weighted by molar-refractivity contribution is 0.0694. The second-order valence-corrected chi connectivity index (χ2v) is 2.59. The second kappa shape index (κ2) is 3.38. The summed E-state index contributed by atoms with van der Waals surface area (Å²) in [5, 5.41) is 8.72. The Kier molecular flexibility index (Phi) is 2.46. The van der Waals surface area contributed by atoms with E-state index < -0.39 is 11.7 Å². The van der Waals surface area contributed by atoms with Crippen LogP contribution >= 0.6 is 0 Å². The van der Waals surface area contributed by atoms with Crippen LogP contribution in [0.15, 0.2) is 11.0 Å². The van der Waals surface area contributed by atoms with Crippen molar-refractivity contribution in [2.24, 2.45) is 0 Å². The Balaban J connectivity index is 3.45. The first-order chi connectivity index (χ1) is 6.07. The lowest BCUT2D eigenvalue weighted by Gasteiger charge is -2.07. The lowest BCUT2D eigenvalue weighted by Crippen LogP contribution is -2.26. The number of hydrogen-bond acceptors (Lipinski definition) is 3. The van der Waals surface area contributed by atoms with Crippen molar-refractivity contribution in [1.82, 2.24) is 9.55 Å². The van der Waals surface area contributed by atoms with Crippen LogP contribution < -0.4 is 5.69 Å². The summed E-state index contributed by atoms with van der Waals surface area (Å²) in [4.78, 5) is 25.2. The molecular formula is C8H10N2O3.